The number of ether oxygens (including phenoxy) is 1. The van der Waals surface area contributed by atoms with Gasteiger partial charge in [-0.25, -0.2) is 9.78 Å². The molecule has 0 N–H and O–H groups in total. The Balaban J connectivity index is 2.26. The van der Waals surface area contributed by atoms with E-state index in [9.17, 15) is 4.79 Å². The molecule has 0 aliphatic heterocycles. The molecule has 0 fully saturated rings. The minimum Gasteiger partial charge on any atom is -0.443 e. The quantitative estimate of drug-likeness (QED) is 0.769. The molecule has 19 heavy (non-hydrogen) atoms. The molecule has 0 aliphatic carbocycles. The van der Waals surface area contributed by atoms with Crippen LogP contribution in [0.25, 0.3) is 10.2 Å². The topological polar surface area (TPSA) is 42.4 Å². The van der Waals surface area contributed by atoms with Crippen molar-refractivity contribution in [1.82, 2.24) is 4.98 Å². The van der Waals surface area contributed by atoms with Crippen LogP contribution in [0.1, 0.15) is 20.8 Å². The molecule has 0 atom stereocenters. The minimum atomic E-state index is -0.509. The second kappa shape index (κ2) is 5.09. The van der Waals surface area contributed by atoms with Crippen molar-refractivity contribution < 1.29 is 9.53 Å². The Kier molecular flexibility index (Phi) is 3.82. The first kappa shape index (κ1) is 14.3. The molecular formula is C13H15BrN2O2S. The normalized spacial score (nSPS) is 11.6. The zero-order valence-electron chi connectivity index (χ0n) is 11.2. The van der Waals surface area contributed by atoms with Crippen LogP contribution in [0, 0.1) is 0 Å². The number of thiazole rings is 1. The van der Waals surface area contributed by atoms with Gasteiger partial charge in [0, 0.05) is 11.5 Å². The van der Waals surface area contributed by atoms with E-state index in [4.69, 9.17) is 4.74 Å². The molecule has 6 heteroatoms. The van der Waals surface area contributed by atoms with Crippen LogP contribution in [0.3, 0.4) is 0 Å². The van der Waals surface area contributed by atoms with Gasteiger partial charge in [-0.3, -0.25) is 4.90 Å². The highest BCUT2D eigenvalue weighted by atomic mass is 79.9. The van der Waals surface area contributed by atoms with Crippen molar-refractivity contribution in [2.45, 2.75) is 26.4 Å². The summed E-state index contributed by atoms with van der Waals surface area (Å²) >= 11 is 4.87. The molecule has 0 aliphatic rings. The van der Waals surface area contributed by atoms with Crippen molar-refractivity contribution in [3.63, 3.8) is 0 Å². The number of amides is 1. The fourth-order valence-electron chi connectivity index (χ4n) is 1.44. The summed E-state index contributed by atoms with van der Waals surface area (Å²) in [4.78, 5) is 17.8. The average molecular weight is 343 g/mol. The number of carbonyl (C=O) groups excluding carboxylic acids is 1. The van der Waals surface area contributed by atoms with Gasteiger partial charge in [-0.2, -0.15) is 0 Å². The zero-order chi connectivity index (χ0) is 14.2. The second-order valence-corrected chi connectivity index (χ2v) is 7.07. The summed E-state index contributed by atoms with van der Waals surface area (Å²) in [7, 11) is 1.67. The number of fused-ring (bicyclic) bond motifs is 1. The number of halogens is 1. The smallest absolute Gasteiger partial charge is 0.416 e. The maximum Gasteiger partial charge on any atom is 0.416 e. The molecule has 102 valence electrons. The molecule has 0 saturated heterocycles. The van der Waals surface area contributed by atoms with E-state index in [1.54, 1.807) is 7.05 Å². The van der Waals surface area contributed by atoms with Crippen LogP contribution < -0.4 is 4.90 Å². The fraction of sp³-hybridized carbons (Fsp3) is 0.385. The summed E-state index contributed by atoms with van der Waals surface area (Å²) < 4.78 is 7.32. The standard InChI is InChI=1S/C13H15BrN2O2S/c1-13(2,3)18-12(17)16(4)11-15-9-7-8(14)5-6-10(9)19-11/h5-7H,1-4H3. The number of rotatable bonds is 1. The Morgan fingerprint density at radius 1 is 1.42 bits per heavy atom. The SMILES string of the molecule is CN(C(=O)OC(C)(C)C)c1nc2cc(Br)ccc2s1. The Morgan fingerprint density at radius 3 is 2.74 bits per heavy atom. The number of carbonyl (C=O) groups is 1. The van der Waals surface area contributed by atoms with Gasteiger partial charge in [0.1, 0.15) is 5.60 Å². The van der Waals surface area contributed by atoms with Gasteiger partial charge in [-0.05, 0) is 39.0 Å². The Hall–Kier alpha value is -1.14. The zero-order valence-corrected chi connectivity index (χ0v) is 13.6. The van der Waals surface area contributed by atoms with Crippen molar-refractivity contribution in [2.75, 3.05) is 11.9 Å². The number of hydrogen-bond donors (Lipinski definition) is 0. The molecule has 0 bridgehead atoms. The van der Waals surface area contributed by atoms with E-state index in [1.165, 1.54) is 16.2 Å². The van der Waals surface area contributed by atoms with Crippen molar-refractivity contribution in [3.05, 3.63) is 22.7 Å². The molecule has 2 rings (SSSR count). The number of aromatic nitrogens is 1. The number of anilines is 1. The Labute approximate surface area is 124 Å². The van der Waals surface area contributed by atoms with Crippen LogP contribution in [-0.4, -0.2) is 23.7 Å². The van der Waals surface area contributed by atoms with E-state index in [1.807, 2.05) is 39.0 Å². The van der Waals surface area contributed by atoms with E-state index in [0.717, 1.165) is 14.7 Å². The largest absolute Gasteiger partial charge is 0.443 e. The van der Waals surface area contributed by atoms with Gasteiger partial charge in [0.15, 0.2) is 5.13 Å². The van der Waals surface area contributed by atoms with E-state index in [2.05, 4.69) is 20.9 Å². The van der Waals surface area contributed by atoms with Crippen LogP contribution in [0.5, 0.6) is 0 Å². The van der Waals surface area contributed by atoms with Crippen LogP contribution >= 0.6 is 27.3 Å². The molecule has 0 saturated carbocycles. The van der Waals surface area contributed by atoms with Gasteiger partial charge in [0.25, 0.3) is 0 Å². The molecule has 1 heterocycles. The molecule has 2 aromatic rings. The summed E-state index contributed by atoms with van der Waals surface area (Å²) in [6, 6.07) is 5.86. The number of benzene rings is 1. The van der Waals surface area contributed by atoms with Crippen LogP contribution in [0.15, 0.2) is 22.7 Å². The predicted octanol–water partition coefficient (Wildman–Crippen LogP) is 4.43. The third kappa shape index (κ3) is 3.45. The van der Waals surface area contributed by atoms with Crippen molar-refractivity contribution in [1.29, 1.82) is 0 Å². The highest BCUT2D eigenvalue weighted by Gasteiger charge is 2.22. The fourth-order valence-corrected chi connectivity index (χ4v) is 2.69. The van der Waals surface area contributed by atoms with Crippen LogP contribution in [-0.2, 0) is 4.74 Å². The molecular weight excluding hydrogens is 328 g/mol. The maximum atomic E-state index is 12.0. The van der Waals surface area contributed by atoms with Gasteiger partial charge in [-0.1, -0.05) is 27.3 Å². The van der Waals surface area contributed by atoms with Gasteiger partial charge in [-0.15, -0.1) is 0 Å². The van der Waals surface area contributed by atoms with E-state index in [0.29, 0.717) is 5.13 Å². The first-order chi connectivity index (χ1) is 8.76. The lowest BCUT2D eigenvalue weighted by Crippen LogP contribution is -2.34. The summed E-state index contributed by atoms with van der Waals surface area (Å²) in [6.45, 7) is 5.52. The maximum absolute atomic E-state index is 12.0. The van der Waals surface area contributed by atoms with Gasteiger partial charge >= 0.3 is 6.09 Å². The predicted molar refractivity (Wildman–Crippen MR) is 82.0 cm³/mol. The molecule has 1 amide bonds. The lowest BCUT2D eigenvalue weighted by molar-refractivity contribution is 0.0589. The highest BCUT2D eigenvalue weighted by Crippen LogP contribution is 2.30. The van der Waals surface area contributed by atoms with Crippen molar-refractivity contribution in [3.8, 4) is 0 Å². The molecule has 1 aromatic heterocycles. The van der Waals surface area contributed by atoms with Gasteiger partial charge in [0.2, 0.25) is 0 Å². The monoisotopic (exact) mass is 342 g/mol. The molecule has 4 nitrogen and oxygen atoms in total. The third-order valence-electron chi connectivity index (χ3n) is 2.29. The van der Waals surface area contributed by atoms with Crippen molar-refractivity contribution in [2.24, 2.45) is 0 Å². The minimum absolute atomic E-state index is 0.398. The second-order valence-electron chi connectivity index (χ2n) is 5.15. The van der Waals surface area contributed by atoms with Gasteiger partial charge < -0.3 is 4.74 Å². The molecule has 0 spiro atoms. The van der Waals surface area contributed by atoms with Crippen molar-refractivity contribution >= 4 is 48.7 Å². The van der Waals surface area contributed by atoms with E-state index in [-0.39, 0.29) is 0 Å². The third-order valence-corrected chi connectivity index (χ3v) is 3.90. The summed E-state index contributed by atoms with van der Waals surface area (Å²) in [6.07, 6.45) is -0.398. The van der Waals surface area contributed by atoms with Crippen LogP contribution in [0.4, 0.5) is 9.93 Å². The molecule has 0 unspecified atom stereocenters. The first-order valence-corrected chi connectivity index (χ1v) is 7.40. The van der Waals surface area contributed by atoms with Gasteiger partial charge in [0.05, 0.1) is 10.2 Å². The van der Waals surface area contributed by atoms with E-state index < -0.39 is 11.7 Å². The summed E-state index contributed by atoms with van der Waals surface area (Å²) in [5.74, 6) is 0. The summed E-state index contributed by atoms with van der Waals surface area (Å²) in [5.41, 5.74) is 0.357. The molecule has 0 radical (unpaired) electrons. The van der Waals surface area contributed by atoms with Crippen LogP contribution in [0.2, 0.25) is 0 Å². The lowest BCUT2D eigenvalue weighted by atomic mass is 10.2. The number of hydrogen-bond acceptors (Lipinski definition) is 4. The Bertz CT molecular complexity index is 619. The first-order valence-electron chi connectivity index (χ1n) is 5.79. The molecule has 1 aromatic carbocycles. The highest BCUT2D eigenvalue weighted by molar-refractivity contribution is 9.10. The average Bonchev–Trinajstić information content (AvgIpc) is 2.68. The Morgan fingerprint density at radius 2 is 2.11 bits per heavy atom. The number of nitrogens with zero attached hydrogens (tertiary/aromatic N) is 2. The van der Waals surface area contributed by atoms with E-state index >= 15 is 0 Å². The lowest BCUT2D eigenvalue weighted by Gasteiger charge is -2.23. The summed E-state index contributed by atoms with van der Waals surface area (Å²) in [5, 5.41) is 0.627.